The quantitative estimate of drug-likeness (QED) is 0.319. The van der Waals surface area contributed by atoms with Crippen molar-refractivity contribution in [3.05, 3.63) is 29.3 Å². The number of imide groups is 1. The summed E-state index contributed by atoms with van der Waals surface area (Å²) in [5.74, 6) is -1.35. The summed E-state index contributed by atoms with van der Waals surface area (Å²) >= 11 is 0. The molecule has 0 aromatic heterocycles. The number of hydrogen-bond donors (Lipinski definition) is 4. The van der Waals surface area contributed by atoms with Crippen molar-refractivity contribution in [1.29, 1.82) is 0 Å². The molecule has 4 amide bonds. The molecule has 0 saturated carbocycles. The van der Waals surface area contributed by atoms with Crippen LogP contribution in [0, 0.1) is 0 Å². The number of nitrogens with zero attached hydrogens (tertiary/aromatic N) is 1. The van der Waals surface area contributed by atoms with Crippen LogP contribution in [0.1, 0.15) is 81.4 Å². The molecular weight excluding hydrogens is 440 g/mol. The molecule has 0 bridgehead atoms. The van der Waals surface area contributed by atoms with Crippen LogP contribution < -0.4 is 16.0 Å². The molecule has 1 saturated heterocycles. The standard InChI is InChI=1S/C24H34N4O6/c1-24(2,3)34-23(33)26-13-7-5-4-6-12-25-15-8-9-16-17(14-15)22(32)28(21(16)31)18-10-11-19(29)27-20(18)30/h8-9,14,18,21,25,31H,4-7,10-13H2,1-3H3,(H,26,33)(H,27,29,30). The second-order valence-electron chi connectivity index (χ2n) is 9.62. The molecule has 4 N–H and O–H groups in total. The fraction of sp³-hybridized carbons (Fsp3) is 0.583. The van der Waals surface area contributed by atoms with Gasteiger partial charge in [-0.15, -0.1) is 0 Å². The van der Waals surface area contributed by atoms with Crippen molar-refractivity contribution in [2.45, 2.75) is 77.2 Å². The average molecular weight is 475 g/mol. The Morgan fingerprint density at radius 2 is 1.85 bits per heavy atom. The molecule has 0 aliphatic carbocycles. The highest BCUT2D eigenvalue weighted by Gasteiger charge is 2.44. The zero-order valence-electron chi connectivity index (χ0n) is 20.0. The third kappa shape index (κ3) is 6.47. The first-order valence-corrected chi connectivity index (χ1v) is 11.8. The summed E-state index contributed by atoms with van der Waals surface area (Å²) in [6.45, 7) is 6.76. The fourth-order valence-corrected chi connectivity index (χ4v) is 4.08. The summed E-state index contributed by atoms with van der Waals surface area (Å²) in [6, 6.07) is 4.31. The molecule has 2 aliphatic heterocycles. The number of piperidine rings is 1. The Hall–Kier alpha value is -3.14. The molecule has 2 unspecified atom stereocenters. The molecule has 3 rings (SSSR count). The van der Waals surface area contributed by atoms with E-state index in [0.29, 0.717) is 24.2 Å². The maximum atomic E-state index is 12.9. The van der Waals surface area contributed by atoms with E-state index in [2.05, 4.69) is 16.0 Å². The lowest BCUT2D eigenvalue weighted by molar-refractivity contribution is -0.139. The molecule has 2 atom stereocenters. The van der Waals surface area contributed by atoms with Gasteiger partial charge < -0.3 is 20.5 Å². The van der Waals surface area contributed by atoms with Crippen molar-refractivity contribution in [3.8, 4) is 0 Å². The van der Waals surface area contributed by atoms with E-state index in [4.69, 9.17) is 4.74 Å². The molecule has 2 aliphatic rings. The summed E-state index contributed by atoms with van der Waals surface area (Å²) in [4.78, 5) is 49.3. The number of benzene rings is 1. The highest BCUT2D eigenvalue weighted by molar-refractivity contribution is 6.06. The molecule has 10 nitrogen and oxygen atoms in total. The van der Waals surface area contributed by atoms with Crippen LogP contribution in [-0.2, 0) is 14.3 Å². The second-order valence-corrected chi connectivity index (χ2v) is 9.62. The minimum absolute atomic E-state index is 0.132. The maximum Gasteiger partial charge on any atom is 0.407 e. The van der Waals surface area contributed by atoms with Gasteiger partial charge in [0.25, 0.3) is 5.91 Å². The van der Waals surface area contributed by atoms with Crippen molar-refractivity contribution in [2.75, 3.05) is 18.4 Å². The first kappa shape index (κ1) is 25.5. The number of ether oxygens (including phenoxy) is 1. The number of aliphatic hydroxyl groups is 1. The minimum Gasteiger partial charge on any atom is -0.444 e. The number of hydrogen-bond acceptors (Lipinski definition) is 7. The Morgan fingerprint density at radius 1 is 1.15 bits per heavy atom. The molecule has 186 valence electrons. The molecule has 34 heavy (non-hydrogen) atoms. The number of nitrogens with one attached hydrogen (secondary N) is 3. The molecule has 1 aromatic carbocycles. The van der Waals surface area contributed by atoms with E-state index in [1.807, 2.05) is 20.8 Å². The van der Waals surface area contributed by atoms with E-state index in [1.165, 1.54) is 0 Å². The number of carbonyl (C=O) groups is 4. The number of fused-ring (bicyclic) bond motifs is 1. The molecule has 10 heteroatoms. The monoisotopic (exact) mass is 474 g/mol. The van der Waals surface area contributed by atoms with Crippen LogP contribution in [0.5, 0.6) is 0 Å². The Bertz CT molecular complexity index is 942. The minimum atomic E-state index is -1.21. The molecule has 0 radical (unpaired) electrons. The topological polar surface area (TPSA) is 137 Å². The van der Waals surface area contributed by atoms with Crippen LogP contribution in [-0.4, -0.2) is 58.6 Å². The lowest BCUT2D eigenvalue weighted by atomic mass is 10.0. The number of unbranched alkanes of at least 4 members (excludes halogenated alkanes) is 3. The van der Waals surface area contributed by atoms with Gasteiger partial charge in [-0.3, -0.25) is 24.6 Å². The van der Waals surface area contributed by atoms with Crippen LogP contribution in [0.2, 0.25) is 0 Å². The van der Waals surface area contributed by atoms with Gasteiger partial charge in [-0.25, -0.2) is 4.79 Å². The van der Waals surface area contributed by atoms with Gasteiger partial charge in [-0.1, -0.05) is 18.9 Å². The number of carbonyl (C=O) groups excluding carboxylic acids is 4. The summed E-state index contributed by atoms with van der Waals surface area (Å²) in [5, 5.41) is 18.9. The van der Waals surface area contributed by atoms with E-state index in [-0.39, 0.29) is 18.7 Å². The van der Waals surface area contributed by atoms with Gasteiger partial charge in [0.05, 0.1) is 0 Å². The Morgan fingerprint density at radius 3 is 2.53 bits per heavy atom. The average Bonchev–Trinajstić information content (AvgIpc) is 2.99. The predicted molar refractivity (Wildman–Crippen MR) is 125 cm³/mol. The van der Waals surface area contributed by atoms with E-state index in [0.717, 1.165) is 36.3 Å². The third-order valence-corrected chi connectivity index (χ3v) is 5.71. The largest absolute Gasteiger partial charge is 0.444 e. The summed E-state index contributed by atoms with van der Waals surface area (Å²) in [6.07, 6.45) is 2.44. The lowest BCUT2D eigenvalue weighted by Crippen LogP contribution is -2.53. The Labute approximate surface area is 199 Å². The van der Waals surface area contributed by atoms with Gasteiger partial charge >= 0.3 is 6.09 Å². The highest BCUT2D eigenvalue weighted by Crippen LogP contribution is 2.36. The zero-order valence-corrected chi connectivity index (χ0v) is 20.0. The predicted octanol–water partition coefficient (Wildman–Crippen LogP) is 2.44. The first-order chi connectivity index (χ1) is 16.1. The lowest BCUT2D eigenvalue weighted by Gasteiger charge is -2.31. The summed E-state index contributed by atoms with van der Waals surface area (Å²) in [5.41, 5.74) is 1.07. The van der Waals surface area contributed by atoms with Crippen molar-refractivity contribution in [2.24, 2.45) is 0 Å². The fourth-order valence-electron chi connectivity index (χ4n) is 4.08. The number of rotatable bonds is 9. The van der Waals surface area contributed by atoms with Crippen LogP contribution >= 0.6 is 0 Å². The van der Waals surface area contributed by atoms with E-state index in [9.17, 15) is 24.3 Å². The van der Waals surface area contributed by atoms with Crippen LogP contribution in [0.4, 0.5) is 10.5 Å². The van der Waals surface area contributed by atoms with Crippen molar-refractivity contribution in [3.63, 3.8) is 0 Å². The van der Waals surface area contributed by atoms with Crippen LogP contribution in [0.15, 0.2) is 18.2 Å². The maximum absolute atomic E-state index is 12.9. The van der Waals surface area contributed by atoms with E-state index >= 15 is 0 Å². The van der Waals surface area contributed by atoms with Gasteiger partial charge in [-0.2, -0.15) is 0 Å². The number of amides is 4. The first-order valence-electron chi connectivity index (χ1n) is 11.8. The van der Waals surface area contributed by atoms with E-state index in [1.54, 1.807) is 18.2 Å². The van der Waals surface area contributed by atoms with Crippen molar-refractivity contribution < 1.29 is 29.0 Å². The number of anilines is 1. The van der Waals surface area contributed by atoms with Gasteiger partial charge in [0.15, 0.2) is 6.23 Å². The zero-order chi connectivity index (χ0) is 24.9. The van der Waals surface area contributed by atoms with Crippen LogP contribution in [0.25, 0.3) is 0 Å². The highest BCUT2D eigenvalue weighted by atomic mass is 16.6. The van der Waals surface area contributed by atoms with Crippen LogP contribution in [0.3, 0.4) is 0 Å². The molecule has 0 spiro atoms. The van der Waals surface area contributed by atoms with Gasteiger partial charge in [0, 0.05) is 36.3 Å². The summed E-state index contributed by atoms with van der Waals surface area (Å²) < 4.78 is 5.19. The van der Waals surface area contributed by atoms with E-state index < -0.39 is 35.8 Å². The molecule has 1 aromatic rings. The van der Waals surface area contributed by atoms with Gasteiger partial charge in [0.1, 0.15) is 11.6 Å². The van der Waals surface area contributed by atoms with Gasteiger partial charge in [0.2, 0.25) is 11.8 Å². The molecule has 2 heterocycles. The summed E-state index contributed by atoms with van der Waals surface area (Å²) in [7, 11) is 0. The smallest absolute Gasteiger partial charge is 0.407 e. The Kier molecular flexibility index (Phi) is 8.14. The third-order valence-electron chi connectivity index (χ3n) is 5.71. The normalized spacial score (nSPS) is 20.1. The van der Waals surface area contributed by atoms with Crippen molar-refractivity contribution >= 4 is 29.5 Å². The SMILES string of the molecule is CC(C)(C)OC(=O)NCCCCCCNc1ccc2c(c1)C(=O)N(C1CCC(=O)NC1=O)C2O. The molecule has 1 fully saturated rings. The number of aliphatic hydroxyl groups excluding tert-OH is 1. The van der Waals surface area contributed by atoms with Crippen molar-refractivity contribution in [1.82, 2.24) is 15.5 Å². The number of alkyl carbamates (subject to hydrolysis) is 1. The Balaban J connectivity index is 1.40. The van der Waals surface area contributed by atoms with Gasteiger partial charge in [-0.05, 0) is 52.2 Å². The molecular formula is C24H34N4O6. The second kappa shape index (κ2) is 10.9.